The molecule has 0 bridgehead atoms. The SMILES string of the molecule is Cc1nocc1NC(=O)c1ccc2c(c1)CCC(=O)N2. The van der Waals surface area contributed by atoms with Gasteiger partial charge >= 0.3 is 0 Å². The normalized spacial score (nSPS) is 13.6. The van der Waals surface area contributed by atoms with E-state index in [0.717, 1.165) is 11.3 Å². The van der Waals surface area contributed by atoms with Gasteiger partial charge in [0.1, 0.15) is 17.6 Å². The summed E-state index contributed by atoms with van der Waals surface area (Å²) in [5.74, 6) is -0.217. The van der Waals surface area contributed by atoms with Gasteiger partial charge in [-0.05, 0) is 37.1 Å². The Hall–Kier alpha value is -2.63. The van der Waals surface area contributed by atoms with Gasteiger partial charge in [0, 0.05) is 17.7 Å². The van der Waals surface area contributed by atoms with Crippen LogP contribution < -0.4 is 10.6 Å². The highest BCUT2D eigenvalue weighted by molar-refractivity contribution is 6.05. The fourth-order valence-electron chi connectivity index (χ4n) is 2.13. The van der Waals surface area contributed by atoms with Gasteiger partial charge in [0.05, 0.1) is 0 Å². The second-order valence-corrected chi connectivity index (χ2v) is 4.69. The van der Waals surface area contributed by atoms with Gasteiger partial charge in [0.25, 0.3) is 5.91 Å². The number of carbonyl (C=O) groups is 2. The lowest BCUT2D eigenvalue weighted by Gasteiger charge is -2.17. The number of benzene rings is 1. The molecular weight excluding hydrogens is 258 g/mol. The maximum absolute atomic E-state index is 12.1. The molecule has 1 aliphatic rings. The molecule has 0 saturated heterocycles. The van der Waals surface area contributed by atoms with Crippen molar-refractivity contribution in [3.05, 3.63) is 41.3 Å². The number of aryl methyl sites for hydroxylation is 2. The number of aromatic nitrogens is 1. The van der Waals surface area contributed by atoms with Crippen LogP contribution >= 0.6 is 0 Å². The van der Waals surface area contributed by atoms with Crippen molar-refractivity contribution in [3.8, 4) is 0 Å². The number of hydrogen-bond donors (Lipinski definition) is 2. The van der Waals surface area contributed by atoms with Crippen LogP contribution in [0.1, 0.15) is 28.0 Å². The first-order valence-corrected chi connectivity index (χ1v) is 6.28. The zero-order valence-electron chi connectivity index (χ0n) is 10.9. The molecule has 102 valence electrons. The Morgan fingerprint density at radius 3 is 3.00 bits per heavy atom. The number of amides is 2. The summed E-state index contributed by atoms with van der Waals surface area (Å²) in [6.45, 7) is 1.75. The molecule has 0 atom stereocenters. The third-order valence-corrected chi connectivity index (χ3v) is 3.26. The minimum atomic E-state index is -0.226. The van der Waals surface area contributed by atoms with Crippen LogP contribution in [-0.2, 0) is 11.2 Å². The molecule has 2 amide bonds. The lowest BCUT2D eigenvalue weighted by molar-refractivity contribution is -0.116. The van der Waals surface area contributed by atoms with Crippen molar-refractivity contribution < 1.29 is 14.1 Å². The first-order valence-electron chi connectivity index (χ1n) is 6.28. The fourth-order valence-corrected chi connectivity index (χ4v) is 2.13. The largest absolute Gasteiger partial charge is 0.362 e. The van der Waals surface area contributed by atoms with Crippen molar-refractivity contribution in [1.82, 2.24) is 5.16 Å². The summed E-state index contributed by atoms with van der Waals surface area (Å²) < 4.78 is 4.77. The van der Waals surface area contributed by atoms with E-state index < -0.39 is 0 Å². The van der Waals surface area contributed by atoms with Crippen molar-refractivity contribution in [3.63, 3.8) is 0 Å². The van der Waals surface area contributed by atoms with Crippen molar-refractivity contribution in [2.24, 2.45) is 0 Å². The van der Waals surface area contributed by atoms with E-state index in [1.54, 1.807) is 25.1 Å². The third-order valence-electron chi connectivity index (χ3n) is 3.26. The highest BCUT2D eigenvalue weighted by atomic mass is 16.5. The first-order chi connectivity index (χ1) is 9.63. The van der Waals surface area contributed by atoms with Crippen molar-refractivity contribution in [1.29, 1.82) is 0 Å². The summed E-state index contributed by atoms with van der Waals surface area (Å²) in [4.78, 5) is 23.4. The van der Waals surface area contributed by atoms with Gasteiger partial charge in [-0.15, -0.1) is 0 Å². The molecule has 1 aliphatic heterocycles. The molecular formula is C14H13N3O3. The van der Waals surface area contributed by atoms with Crippen LogP contribution in [0.25, 0.3) is 0 Å². The molecule has 0 fully saturated rings. The van der Waals surface area contributed by atoms with E-state index in [1.165, 1.54) is 6.26 Å². The number of hydrogen-bond acceptors (Lipinski definition) is 4. The molecule has 6 nitrogen and oxygen atoms in total. The molecule has 1 aromatic carbocycles. The number of fused-ring (bicyclic) bond motifs is 1. The van der Waals surface area contributed by atoms with Gasteiger partial charge in [-0.3, -0.25) is 9.59 Å². The Morgan fingerprint density at radius 1 is 1.40 bits per heavy atom. The van der Waals surface area contributed by atoms with E-state index in [0.29, 0.717) is 29.8 Å². The fraction of sp³-hybridized carbons (Fsp3) is 0.214. The van der Waals surface area contributed by atoms with E-state index in [2.05, 4.69) is 15.8 Å². The van der Waals surface area contributed by atoms with E-state index >= 15 is 0 Å². The standard InChI is InChI=1S/C14H13N3O3/c1-8-12(7-20-17-8)16-14(19)10-2-4-11-9(6-10)3-5-13(18)15-11/h2,4,6-7H,3,5H2,1H3,(H,15,18)(H,16,19). The average Bonchev–Trinajstić information content (AvgIpc) is 2.83. The molecule has 3 rings (SSSR count). The quantitative estimate of drug-likeness (QED) is 0.876. The van der Waals surface area contributed by atoms with Crippen LogP contribution in [0.5, 0.6) is 0 Å². The number of nitrogens with one attached hydrogen (secondary N) is 2. The zero-order chi connectivity index (χ0) is 14.1. The molecule has 2 heterocycles. The van der Waals surface area contributed by atoms with E-state index in [1.807, 2.05) is 0 Å². The first kappa shape index (κ1) is 12.4. The monoisotopic (exact) mass is 271 g/mol. The molecule has 6 heteroatoms. The second-order valence-electron chi connectivity index (χ2n) is 4.69. The number of carbonyl (C=O) groups excluding carboxylic acids is 2. The van der Waals surface area contributed by atoms with Gasteiger partial charge in [-0.1, -0.05) is 5.16 Å². The molecule has 0 saturated carbocycles. The highest BCUT2D eigenvalue weighted by Crippen LogP contribution is 2.24. The van der Waals surface area contributed by atoms with Gasteiger partial charge < -0.3 is 15.2 Å². The maximum Gasteiger partial charge on any atom is 0.255 e. The predicted octanol–water partition coefficient (Wildman–Crippen LogP) is 2.12. The van der Waals surface area contributed by atoms with E-state index in [-0.39, 0.29) is 11.8 Å². The number of anilines is 2. The molecule has 0 aliphatic carbocycles. The van der Waals surface area contributed by atoms with Crippen LogP contribution in [0.4, 0.5) is 11.4 Å². The van der Waals surface area contributed by atoms with Crippen LogP contribution in [0, 0.1) is 6.92 Å². The number of rotatable bonds is 2. The molecule has 0 radical (unpaired) electrons. The van der Waals surface area contributed by atoms with Crippen molar-refractivity contribution in [2.75, 3.05) is 10.6 Å². The van der Waals surface area contributed by atoms with E-state index in [9.17, 15) is 9.59 Å². The second kappa shape index (κ2) is 4.80. The summed E-state index contributed by atoms with van der Waals surface area (Å²) in [6, 6.07) is 5.23. The molecule has 20 heavy (non-hydrogen) atoms. The summed E-state index contributed by atoms with van der Waals surface area (Å²) in [5.41, 5.74) is 3.48. The number of nitrogens with zero attached hydrogens (tertiary/aromatic N) is 1. The van der Waals surface area contributed by atoms with Crippen molar-refractivity contribution >= 4 is 23.2 Å². The Morgan fingerprint density at radius 2 is 2.25 bits per heavy atom. The van der Waals surface area contributed by atoms with Gasteiger partial charge in [-0.2, -0.15) is 0 Å². The topological polar surface area (TPSA) is 84.2 Å². The van der Waals surface area contributed by atoms with Gasteiger partial charge in [0.2, 0.25) is 5.91 Å². The minimum Gasteiger partial charge on any atom is -0.362 e. The Labute approximate surface area is 115 Å². The molecule has 2 aromatic rings. The summed E-state index contributed by atoms with van der Waals surface area (Å²) in [7, 11) is 0. The highest BCUT2D eigenvalue weighted by Gasteiger charge is 2.17. The molecule has 0 spiro atoms. The molecule has 0 unspecified atom stereocenters. The lowest BCUT2D eigenvalue weighted by Crippen LogP contribution is -2.20. The molecule has 2 N–H and O–H groups in total. The van der Waals surface area contributed by atoms with Crippen LogP contribution in [0.2, 0.25) is 0 Å². The minimum absolute atomic E-state index is 0.00907. The molecule has 1 aromatic heterocycles. The smallest absolute Gasteiger partial charge is 0.255 e. The zero-order valence-corrected chi connectivity index (χ0v) is 10.9. The van der Waals surface area contributed by atoms with E-state index in [4.69, 9.17) is 4.52 Å². The lowest BCUT2D eigenvalue weighted by atomic mass is 10.00. The van der Waals surface area contributed by atoms with Crippen LogP contribution in [-0.4, -0.2) is 17.0 Å². The van der Waals surface area contributed by atoms with Crippen LogP contribution in [0.15, 0.2) is 29.0 Å². The Bertz CT molecular complexity index is 691. The average molecular weight is 271 g/mol. The van der Waals surface area contributed by atoms with Crippen LogP contribution in [0.3, 0.4) is 0 Å². The van der Waals surface area contributed by atoms with Gasteiger partial charge in [0.15, 0.2) is 0 Å². The maximum atomic E-state index is 12.1. The Balaban J connectivity index is 1.82. The summed E-state index contributed by atoms with van der Waals surface area (Å²) >= 11 is 0. The predicted molar refractivity (Wildman–Crippen MR) is 72.6 cm³/mol. The van der Waals surface area contributed by atoms with Crippen molar-refractivity contribution in [2.45, 2.75) is 19.8 Å². The van der Waals surface area contributed by atoms with Gasteiger partial charge in [-0.25, -0.2) is 0 Å². The third kappa shape index (κ3) is 2.27. The summed E-state index contributed by atoms with van der Waals surface area (Å²) in [5, 5.41) is 9.23. The Kier molecular flexibility index (Phi) is 2.98. The summed E-state index contributed by atoms with van der Waals surface area (Å²) in [6.07, 6.45) is 2.49.